The average molecular weight is 275 g/mol. The van der Waals surface area contributed by atoms with Crippen molar-refractivity contribution >= 4 is 23.9 Å². The zero-order valence-electron chi connectivity index (χ0n) is 9.99. The molecule has 9 nitrogen and oxygen atoms in total. The maximum atomic E-state index is 12.3. The van der Waals surface area contributed by atoms with Crippen LogP contribution in [0, 0.1) is 0 Å². The Morgan fingerprint density at radius 1 is 1.25 bits per heavy atom. The molecule has 102 valence electrons. The van der Waals surface area contributed by atoms with Crippen LogP contribution in [0.1, 0.15) is 10.4 Å². The van der Waals surface area contributed by atoms with Gasteiger partial charge in [0.2, 0.25) is 0 Å². The summed E-state index contributed by atoms with van der Waals surface area (Å²) >= 11 is 0. The standard InChI is InChI=1S/C11H9N5O4/c17-8-6-7(14-10(19)15-8)16(11(20)13-6)9(18)5-2-1-3-12-4-5/h1-4,6-7H,(H,13,20)(H2,14,15,17,19)/t6-,7-/m1/s1. The van der Waals surface area contributed by atoms with Crippen LogP contribution in [0.25, 0.3) is 0 Å². The van der Waals surface area contributed by atoms with E-state index in [1.54, 1.807) is 6.07 Å². The molecule has 0 aliphatic carbocycles. The molecule has 20 heavy (non-hydrogen) atoms. The van der Waals surface area contributed by atoms with Gasteiger partial charge in [-0.3, -0.25) is 19.9 Å². The van der Waals surface area contributed by atoms with Gasteiger partial charge in [-0.05, 0) is 12.1 Å². The molecule has 2 saturated heterocycles. The highest BCUT2D eigenvalue weighted by Crippen LogP contribution is 2.17. The summed E-state index contributed by atoms with van der Waals surface area (Å²) in [4.78, 5) is 51.6. The molecule has 1 aromatic rings. The van der Waals surface area contributed by atoms with Crippen molar-refractivity contribution in [1.29, 1.82) is 0 Å². The fourth-order valence-corrected chi connectivity index (χ4v) is 2.12. The van der Waals surface area contributed by atoms with Crippen molar-refractivity contribution in [1.82, 2.24) is 25.8 Å². The van der Waals surface area contributed by atoms with Gasteiger partial charge in [0.1, 0.15) is 12.2 Å². The molecule has 2 fully saturated rings. The molecule has 6 amide bonds. The second-order valence-electron chi connectivity index (χ2n) is 4.25. The predicted molar refractivity (Wildman–Crippen MR) is 63.2 cm³/mol. The fourth-order valence-electron chi connectivity index (χ4n) is 2.12. The Morgan fingerprint density at radius 3 is 2.75 bits per heavy atom. The number of rotatable bonds is 1. The summed E-state index contributed by atoms with van der Waals surface area (Å²) in [6, 6.07) is 0.537. The third-order valence-corrected chi connectivity index (χ3v) is 3.02. The number of pyridine rings is 1. The predicted octanol–water partition coefficient (Wildman–Crippen LogP) is -1.22. The molecule has 2 atom stereocenters. The first-order valence-corrected chi connectivity index (χ1v) is 5.73. The van der Waals surface area contributed by atoms with E-state index in [1.807, 2.05) is 5.32 Å². The summed E-state index contributed by atoms with van der Waals surface area (Å²) < 4.78 is 0. The molecule has 2 aliphatic heterocycles. The van der Waals surface area contributed by atoms with Gasteiger partial charge in [-0.2, -0.15) is 0 Å². The molecule has 0 radical (unpaired) electrons. The van der Waals surface area contributed by atoms with Crippen molar-refractivity contribution in [2.24, 2.45) is 0 Å². The second kappa shape index (κ2) is 4.30. The summed E-state index contributed by atoms with van der Waals surface area (Å²) in [5, 5.41) is 6.73. The number of fused-ring (bicyclic) bond motifs is 1. The molecular weight excluding hydrogens is 266 g/mol. The Morgan fingerprint density at radius 2 is 2.05 bits per heavy atom. The lowest BCUT2D eigenvalue weighted by atomic mass is 10.1. The minimum Gasteiger partial charge on any atom is -0.322 e. The zero-order valence-corrected chi connectivity index (χ0v) is 9.99. The molecule has 3 rings (SSSR count). The van der Waals surface area contributed by atoms with Gasteiger partial charge in [-0.1, -0.05) is 0 Å². The summed E-state index contributed by atoms with van der Waals surface area (Å²) in [5.41, 5.74) is 0.184. The van der Waals surface area contributed by atoms with Crippen molar-refractivity contribution in [2.45, 2.75) is 12.2 Å². The maximum absolute atomic E-state index is 12.3. The van der Waals surface area contributed by atoms with Gasteiger partial charge in [-0.15, -0.1) is 0 Å². The van der Waals surface area contributed by atoms with Crippen LogP contribution < -0.4 is 16.0 Å². The molecule has 0 unspecified atom stereocenters. The molecule has 0 spiro atoms. The molecule has 0 bridgehead atoms. The van der Waals surface area contributed by atoms with Crippen molar-refractivity contribution in [3.05, 3.63) is 30.1 Å². The summed E-state index contributed by atoms with van der Waals surface area (Å²) in [6.07, 6.45) is 1.74. The Labute approximate surface area is 112 Å². The number of urea groups is 2. The first-order chi connectivity index (χ1) is 9.58. The Kier molecular flexibility index (Phi) is 2.60. The highest BCUT2D eigenvalue weighted by atomic mass is 16.2. The molecule has 3 N–H and O–H groups in total. The average Bonchev–Trinajstić information content (AvgIpc) is 2.76. The molecule has 0 aromatic carbocycles. The van der Waals surface area contributed by atoms with E-state index in [-0.39, 0.29) is 5.56 Å². The van der Waals surface area contributed by atoms with Crippen LogP contribution in [0.4, 0.5) is 9.59 Å². The Hall–Kier alpha value is -2.97. The van der Waals surface area contributed by atoms with Gasteiger partial charge in [0.25, 0.3) is 11.8 Å². The van der Waals surface area contributed by atoms with E-state index in [0.29, 0.717) is 0 Å². The normalized spacial score (nSPS) is 24.6. The molecule has 0 saturated carbocycles. The van der Waals surface area contributed by atoms with Crippen LogP contribution in [-0.2, 0) is 4.79 Å². The van der Waals surface area contributed by atoms with E-state index in [0.717, 1.165) is 4.90 Å². The number of amides is 6. The largest absolute Gasteiger partial charge is 0.326 e. The SMILES string of the molecule is O=C1NC(=O)[C@@H]2NC(=O)N(C(=O)c3cccnc3)[C@H]2N1. The Balaban J connectivity index is 1.93. The summed E-state index contributed by atoms with van der Waals surface area (Å²) in [7, 11) is 0. The van der Waals surface area contributed by atoms with E-state index < -0.39 is 36.1 Å². The second-order valence-corrected chi connectivity index (χ2v) is 4.25. The zero-order chi connectivity index (χ0) is 14.3. The molecule has 1 aromatic heterocycles. The summed E-state index contributed by atoms with van der Waals surface area (Å²) in [6.45, 7) is 0. The van der Waals surface area contributed by atoms with E-state index >= 15 is 0 Å². The van der Waals surface area contributed by atoms with Gasteiger partial charge >= 0.3 is 12.1 Å². The van der Waals surface area contributed by atoms with E-state index in [1.165, 1.54) is 18.5 Å². The number of nitrogens with one attached hydrogen (secondary N) is 3. The van der Waals surface area contributed by atoms with E-state index in [2.05, 4.69) is 15.6 Å². The summed E-state index contributed by atoms with van der Waals surface area (Å²) in [5.74, 6) is -1.30. The van der Waals surface area contributed by atoms with E-state index in [9.17, 15) is 19.2 Å². The van der Waals surface area contributed by atoms with Crippen molar-refractivity contribution in [2.75, 3.05) is 0 Å². The fraction of sp³-hybridized carbons (Fsp3) is 0.182. The highest BCUT2D eigenvalue weighted by molar-refractivity contribution is 6.10. The Bertz CT molecular complexity index is 616. The first-order valence-electron chi connectivity index (χ1n) is 5.73. The number of hydrogen-bond acceptors (Lipinski definition) is 5. The molecule has 2 aliphatic rings. The van der Waals surface area contributed by atoms with Crippen LogP contribution in [-0.4, -0.2) is 46.0 Å². The third kappa shape index (κ3) is 1.76. The number of carbonyl (C=O) groups is 4. The number of imide groups is 2. The monoisotopic (exact) mass is 275 g/mol. The van der Waals surface area contributed by atoms with Crippen LogP contribution >= 0.6 is 0 Å². The molecule has 9 heteroatoms. The lowest BCUT2D eigenvalue weighted by Crippen LogP contribution is -2.65. The quantitative estimate of drug-likeness (QED) is 0.593. The van der Waals surface area contributed by atoms with Crippen molar-refractivity contribution < 1.29 is 19.2 Å². The highest BCUT2D eigenvalue weighted by Gasteiger charge is 2.50. The van der Waals surface area contributed by atoms with Crippen LogP contribution in [0.15, 0.2) is 24.5 Å². The van der Waals surface area contributed by atoms with Crippen LogP contribution in [0.5, 0.6) is 0 Å². The first kappa shape index (κ1) is 12.1. The van der Waals surface area contributed by atoms with Gasteiger partial charge in [-0.25, -0.2) is 14.5 Å². The topological polar surface area (TPSA) is 121 Å². The minimum atomic E-state index is -1.04. The molecular formula is C11H9N5O4. The van der Waals surface area contributed by atoms with Gasteiger partial charge in [0.05, 0.1) is 5.56 Å². The van der Waals surface area contributed by atoms with E-state index in [4.69, 9.17) is 0 Å². The number of carbonyl (C=O) groups excluding carboxylic acids is 4. The lowest BCUT2D eigenvalue weighted by molar-refractivity contribution is -0.123. The van der Waals surface area contributed by atoms with Crippen molar-refractivity contribution in [3.8, 4) is 0 Å². The third-order valence-electron chi connectivity index (χ3n) is 3.02. The smallest absolute Gasteiger partial charge is 0.322 e. The minimum absolute atomic E-state index is 0.184. The number of aromatic nitrogens is 1. The lowest BCUT2D eigenvalue weighted by Gasteiger charge is -2.28. The van der Waals surface area contributed by atoms with Gasteiger partial charge in [0, 0.05) is 12.4 Å². The van der Waals surface area contributed by atoms with Gasteiger partial charge < -0.3 is 10.6 Å². The number of hydrogen-bond donors (Lipinski definition) is 3. The van der Waals surface area contributed by atoms with Crippen LogP contribution in [0.2, 0.25) is 0 Å². The maximum Gasteiger partial charge on any atom is 0.326 e. The number of nitrogens with zero attached hydrogens (tertiary/aromatic N) is 2. The van der Waals surface area contributed by atoms with Crippen molar-refractivity contribution in [3.63, 3.8) is 0 Å². The van der Waals surface area contributed by atoms with Gasteiger partial charge in [0.15, 0.2) is 0 Å². The molecule has 3 heterocycles. The van der Waals surface area contributed by atoms with Crippen LogP contribution in [0.3, 0.4) is 0 Å².